The third-order valence-electron chi connectivity index (χ3n) is 3.45. The molecule has 0 aliphatic rings. The number of amides is 1. The number of carbonyl (C=O) groups excluding carboxylic acids is 1. The fourth-order valence-corrected chi connectivity index (χ4v) is 2.40. The number of hydrogen-bond donors (Lipinski definition) is 0. The van der Waals surface area contributed by atoms with Crippen LogP contribution in [0.15, 0.2) is 12.3 Å². The number of carbonyl (C=O) groups is 1. The number of imidazole rings is 1. The summed E-state index contributed by atoms with van der Waals surface area (Å²) in [5, 5.41) is 0. The van der Waals surface area contributed by atoms with Crippen LogP contribution in [0, 0.1) is 6.92 Å². The summed E-state index contributed by atoms with van der Waals surface area (Å²) in [7, 11) is 1.79. The molecule has 0 spiro atoms. The molecule has 1 unspecified atom stereocenters. The van der Waals surface area contributed by atoms with E-state index >= 15 is 0 Å². The van der Waals surface area contributed by atoms with Gasteiger partial charge < -0.3 is 4.90 Å². The number of halogens is 1. The van der Waals surface area contributed by atoms with Crippen molar-refractivity contribution >= 4 is 28.7 Å². The van der Waals surface area contributed by atoms with Crippen LogP contribution in [0.25, 0.3) is 11.2 Å². The van der Waals surface area contributed by atoms with Crippen LogP contribution < -0.4 is 0 Å². The lowest BCUT2D eigenvalue weighted by Crippen LogP contribution is -2.33. The number of likely N-dealkylation sites (N-methyl/N-ethyl adjacent to an activating group) is 1. The fraction of sp³-hybridized carbons (Fsp3) is 0.500. The molecule has 0 N–H and O–H groups in total. The van der Waals surface area contributed by atoms with Gasteiger partial charge in [0.05, 0.1) is 5.88 Å². The predicted molar refractivity (Wildman–Crippen MR) is 79.8 cm³/mol. The van der Waals surface area contributed by atoms with Crippen LogP contribution in [0.3, 0.4) is 0 Å². The van der Waals surface area contributed by atoms with Crippen molar-refractivity contribution in [2.24, 2.45) is 0 Å². The Labute approximate surface area is 123 Å². The lowest BCUT2D eigenvalue weighted by molar-refractivity contribution is -0.132. The normalized spacial score (nSPS) is 12.7. The molecule has 0 aliphatic carbocycles. The van der Waals surface area contributed by atoms with E-state index in [1.165, 1.54) is 0 Å². The molecule has 0 bridgehead atoms. The number of alkyl halides is 1. The second-order valence-corrected chi connectivity index (χ2v) is 5.18. The minimum atomic E-state index is -0.367. The van der Waals surface area contributed by atoms with Gasteiger partial charge in [0.1, 0.15) is 17.4 Å². The molecule has 0 aromatic carbocycles. The van der Waals surface area contributed by atoms with E-state index in [0.29, 0.717) is 18.0 Å². The number of aromatic nitrogens is 3. The Morgan fingerprint density at radius 3 is 2.85 bits per heavy atom. The highest BCUT2D eigenvalue weighted by molar-refractivity contribution is 6.16. The number of hydrogen-bond acceptors (Lipinski definition) is 3. The summed E-state index contributed by atoms with van der Waals surface area (Å²) in [6, 6.07) is 1.59. The smallest absolute Gasteiger partial charge is 0.245 e. The average Bonchev–Trinajstić information content (AvgIpc) is 2.82. The molecule has 108 valence electrons. The van der Waals surface area contributed by atoms with Crippen LogP contribution in [-0.4, -0.2) is 38.9 Å². The molecule has 0 saturated heterocycles. The fourth-order valence-electron chi connectivity index (χ4n) is 2.22. The number of fused-ring (bicyclic) bond motifs is 1. The molecular weight excluding hydrogens is 276 g/mol. The highest BCUT2D eigenvalue weighted by Gasteiger charge is 2.23. The zero-order valence-electron chi connectivity index (χ0n) is 12.2. The van der Waals surface area contributed by atoms with Gasteiger partial charge in [0.25, 0.3) is 0 Å². The summed E-state index contributed by atoms with van der Waals surface area (Å²) < 4.78 is 1.83. The molecular formula is C14H19ClN4O. The van der Waals surface area contributed by atoms with Crippen molar-refractivity contribution in [2.45, 2.75) is 32.7 Å². The van der Waals surface area contributed by atoms with Crippen LogP contribution >= 0.6 is 11.6 Å². The third-order valence-corrected chi connectivity index (χ3v) is 3.69. The number of pyridine rings is 1. The Morgan fingerprint density at radius 2 is 2.25 bits per heavy atom. The Kier molecular flexibility index (Phi) is 4.28. The molecule has 1 atom stereocenters. The molecule has 0 fully saturated rings. The zero-order valence-corrected chi connectivity index (χ0v) is 13.0. The van der Waals surface area contributed by atoms with Crippen molar-refractivity contribution in [3.63, 3.8) is 0 Å². The second kappa shape index (κ2) is 5.79. The summed E-state index contributed by atoms with van der Waals surface area (Å²) in [6.45, 7) is 6.43. The summed E-state index contributed by atoms with van der Waals surface area (Å²) in [5.74, 6) is 0.953. The van der Waals surface area contributed by atoms with Crippen LogP contribution in [0.5, 0.6) is 0 Å². The van der Waals surface area contributed by atoms with Gasteiger partial charge in [0.15, 0.2) is 5.65 Å². The summed E-state index contributed by atoms with van der Waals surface area (Å²) >= 11 is 5.97. The molecule has 2 aromatic rings. The monoisotopic (exact) mass is 294 g/mol. The van der Waals surface area contributed by atoms with E-state index < -0.39 is 0 Å². The van der Waals surface area contributed by atoms with Crippen molar-refractivity contribution in [1.82, 2.24) is 19.4 Å². The van der Waals surface area contributed by atoms with Crippen LogP contribution in [0.4, 0.5) is 0 Å². The third kappa shape index (κ3) is 2.50. The highest BCUT2D eigenvalue weighted by atomic mass is 35.5. The first-order valence-electron chi connectivity index (χ1n) is 6.64. The van der Waals surface area contributed by atoms with E-state index in [1.807, 2.05) is 31.4 Å². The van der Waals surface area contributed by atoms with Gasteiger partial charge in [-0.25, -0.2) is 9.97 Å². The van der Waals surface area contributed by atoms with Crippen LogP contribution in [0.2, 0.25) is 0 Å². The topological polar surface area (TPSA) is 51.0 Å². The average molecular weight is 295 g/mol. The standard InChI is InChI=1S/C14H19ClN4O/c1-5-18(4)14(20)10(3)19-12(7-15)17-11-6-9(2)8-16-13(11)19/h6,8,10H,5,7H2,1-4H3. The van der Waals surface area contributed by atoms with Gasteiger partial charge >= 0.3 is 0 Å². The maximum absolute atomic E-state index is 12.4. The van der Waals surface area contributed by atoms with Crippen LogP contribution in [-0.2, 0) is 10.7 Å². The van der Waals surface area contributed by atoms with E-state index in [4.69, 9.17) is 11.6 Å². The molecule has 2 heterocycles. The van der Waals surface area contributed by atoms with E-state index in [0.717, 1.165) is 11.1 Å². The summed E-state index contributed by atoms with van der Waals surface area (Å²) in [4.78, 5) is 22.9. The van der Waals surface area contributed by atoms with E-state index in [2.05, 4.69) is 9.97 Å². The lowest BCUT2D eigenvalue weighted by Gasteiger charge is -2.22. The van der Waals surface area contributed by atoms with Crippen molar-refractivity contribution < 1.29 is 4.79 Å². The quantitative estimate of drug-likeness (QED) is 0.814. The van der Waals surface area contributed by atoms with E-state index in [9.17, 15) is 4.79 Å². The van der Waals surface area contributed by atoms with Gasteiger partial charge in [0.2, 0.25) is 5.91 Å². The van der Waals surface area contributed by atoms with E-state index in [1.54, 1.807) is 18.1 Å². The largest absolute Gasteiger partial charge is 0.344 e. The minimum Gasteiger partial charge on any atom is -0.344 e. The minimum absolute atomic E-state index is 0.0283. The number of nitrogens with zero attached hydrogens (tertiary/aromatic N) is 4. The van der Waals surface area contributed by atoms with Crippen LogP contribution in [0.1, 0.15) is 31.3 Å². The predicted octanol–water partition coefficient (Wildman–Crippen LogP) is 2.52. The van der Waals surface area contributed by atoms with Crippen molar-refractivity contribution in [3.8, 4) is 0 Å². The van der Waals surface area contributed by atoms with E-state index in [-0.39, 0.29) is 17.8 Å². The Bertz CT molecular complexity index is 637. The zero-order chi connectivity index (χ0) is 14.9. The Hall–Kier alpha value is -1.62. The highest BCUT2D eigenvalue weighted by Crippen LogP contribution is 2.22. The molecule has 0 aliphatic heterocycles. The SMILES string of the molecule is CCN(C)C(=O)C(C)n1c(CCl)nc2cc(C)cnc21. The summed E-state index contributed by atoms with van der Waals surface area (Å²) in [6.07, 6.45) is 1.78. The lowest BCUT2D eigenvalue weighted by atomic mass is 10.2. The Morgan fingerprint density at radius 1 is 1.55 bits per heavy atom. The van der Waals surface area contributed by atoms with Gasteiger partial charge in [-0.3, -0.25) is 9.36 Å². The molecule has 20 heavy (non-hydrogen) atoms. The molecule has 2 rings (SSSR count). The number of aryl methyl sites for hydroxylation is 1. The number of rotatable bonds is 4. The van der Waals surface area contributed by atoms with Gasteiger partial charge in [-0.15, -0.1) is 11.6 Å². The van der Waals surface area contributed by atoms with Gasteiger partial charge in [-0.1, -0.05) is 0 Å². The van der Waals surface area contributed by atoms with Crippen molar-refractivity contribution in [3.05, 3.63) is 23.7 Å². The first-order valence-corrected chi connectivity index (χ1v) is 7.17. The van der Waals surface area contributed by atoms with Gasteiger partial charge in [-0.05, 0) is 32.4 Å². The Balaban J connectivity index is 2.54. The van der Waals surface area contributed by atoms with Gasteiger partial charge in [0, 0.05) is 19.8 Å². The second-order valence-electron chi connectivity index (χ2n) is 4.92. The van der Waals surface area contributed by atoms with Crippen molar-refractivity contribution in [2.75, 3.05) is 13.6 Å². The molecule has 1 amide bonds. The maximum Gasteiger partial charge on any atom is 0.245 e. The molecule has 2 aromatic heterocycles. The molecule has 6 heteroatoms. The summed E-state index contributed by atoms with van der Waals surface area (Å²) in [5.41, 5.74) is 2.52. The first kappa shape index (κ1) is 14.8. The first-order chi connectivity index (χ1) is 9.49. The maximum atomic E-state index is 12.4. The molecule has 5 nitrogen and oxygen atoms in total. The molecule has 0 radical (unpaired) electrons. The molecule has 0 saturated carbocycles. The van der Waals surface area contributed by atoms with Gasteiger partial charge in [-0.2, -0.15) is 0 Å². The van der Waals surface area contributed by atoms with Crippen molar-refractivity contribution in [1.29, 1.82) is 0 Å².